The van der Waals surface area contributed by atoms with Crippen molar-refractivity contribution in [2.24, 2.45) is 40.9 Å². The lowest BCUT2D eigenvalue weighted by Gasteiger charge is -2.62. The number of carbonyl (C=O) groups is 2. The monoisotopic (exact) mass is 691 g/mol. The van der Waals surface area contributed by atoms with Gasteiger partial charge in [0.1, 0.15) is 17.9 Å². The van der Waals surface area contributed by atoms with Crippen molar-refractivity contribution in [2.45, 2.75) is 98.1 Å². The summed E-state index contributed by atoms with van der Waals surface area (Å²) >= 11 is 0. The van der Waals surface area contributed by atoms with Gasteiger partial charge in [-0.1, -0.05) is 77.1 Å². The van der Waals surface area contributed by atoms with Crippen molar-refractivity contribution in [1.82, 2.24) is 15.3 Å². The summed E-state index contributed by atoms with van der Waals surface area (Å²) in [6.07, 6.45) is 2.08. The highest BCUT2D eigenvalue weighted by atomic mass is 16.7. The Balaban J connectivity index is 1.35. The molecule has 2 aromatic rings. The Bertz CT molecular complexity index is 1460. The van der Waals surface area contributed by atoms with Gasteiger partial charge in [0.15, 0.2) is 5.78 Å². The number of rotatable bonds is 15. The number of Topliss-reactive ketones (excluding diaryl/α,β-unsaturated/α-hetero) is 1. The van der Waals surface area contributed by atoms with Crippen molar-refractivity contribution in [2.75, 3.05) is 34.4 Å². The van der Waals surface area contributed by atoms with Gasteiger partial charge in [0.25, 0.3) is 0 Å². The molecule has 9 nitrogen and oxygen atoms in total. The minimum atomic E-state index is -0.873. The van der Waals surface area contributed by atoms with E-state index >= 15 is 0 Å². The molecule has 9 heteroatoms. The first kappa shape index (κ1) is 38.4. The first-order valence-electron chi connectivity index (χ1n) is 18.6. The quantitative estimate of drug-likeness (QED) is 0.201. The van der Waals surface area contributed by atoms with Gasteiger partial charge < -0.3 is 25.2 Å². The molecule has 3 saturated carbocycles. The lowest BCUT2D eigenvalue weighted by Crippen LogP contribution is -2.62. The van der Waals surface area contributed by atoms with Crippen LogP contribution in [0.2, 0.25) is 0 Å². The molecular weight excluding hydrogens is 630 g/mol. The number of methoxy groups -OCH3 is 1. The number of aliphatic hydroxyl groups is 2. The van der Waals surface area contributed by atoms with Crippen LogP contribution in [-0.4, -0.2) is 90.5 Å². The van der Waals surface area contributed by atoms with Crippen molar-refractivity contribution in [3.63, 3.8) is 0 Å². The van der Waals surface area contributed by atoms with Gasteiger partial charge in [-0.2, -0.15) is 5.06 Å². The number of aliphatic hydroxyl groups excluding tert-OH is 2. The topological polar surface area (TPSA) is 112 Å². The molecule has 4 aliphatic rings. The van der Waals surface area contributed by atoms with E-state index in [9.17, 15) is 19.8 Å². The van der Waals surface area contributed by atoms with Crippen LogP contribution < -0.4 is 10.1 Å². The predicted octanol–water partition coefficient (Wildman–Crippen LogP) is 5.82. The van der Waals surface area contributed by atoms with Gasteiger partial charge in [0.2, 0.25) is 5.91 Å². The fraction of sp³-hybridized carbons (Fsp3) is 0.659. The largest absolute Gasteiger partial charge is 0.496 e. The Morgan fingerprint density at radius 1 is 1.10 bits per heavy atom. The number of hydroxylamine groups is 2. The summed E-state index contributed by atoms with van der Waals surface area (Å²) in [5.41, 5.74) is 3.57. The molecule has 0 aromatic heterocycles. The van der Waals surface area contributed by atoms with Crippen LogP contribution in [0.5, 0.6) is 5.75 Å². The number of ketones is 1. The van der Waals surface area contributed by atoms with Gasteiger partial charge in [0.05, 0.1) is 26.4 Å². The fourth-order valence-corrected chi connectivity index (χ4v) is 9.45. The van der Waals surface area contributed by atoms with Crippen LogP contribution in [0.1, 0.15) is 83.1 Å². The number of nitrogens with one attached hydrogen (secondary N) is 1. The van der Waals surface area contributed by atoms with Crippen LogP contribution in [-0.2, 0) is 16.2 Å². The Kier molecular flexibility index (Phi) is 12.2. The lowest BCUT2D eigenvalue weighted by atomic mass is 9.45. The van der Waals surface area contributed by atoms with Crippen LogP contribution in [0, 0.1) is 40.9 Å². The van der Waals surface area contributed by atoms with Crippen molar-refractivity contribution in [3.8, 4) is 16.9 Å². The third-order valence-corrected chi connectivity index (χ3v) is 12.1. The van der Waals surface area contributed by atoms with Gasteiger partial charge in [-0.25, -0.2) is 0 Å². The molecule has 3 aliphatic carbocycles. The summed E-state index contributed by atoms with van der Waals surface area (Å²) in [6, 6.07) is 12.9. The molecular formula is C41H61N3O6. The average molecular weight is 692 g/mol. The zero-order valence-corrected chi connectivity index (χ0v) is 31.7. The molecule has 0 radical (unpaired) electrons. The van der Waals surface area contributed by atoms with E-state index in [4.69, 9.17) is 9.57 Å². The maximum atomic E-state index is 14.1. The number of amides is 1. The zero-order valence-electron chi connectivity index (χ0n) is 31.7. The fourth-order valence-electron chi connectivity index (χ4n) is 9.45. The van der Waals surface area contributed by atoms with Gasteiger partial charge in [0, 0.05) is 41.6 Å². The normalized spacial score (nSPS) is 28.7. The number of fused-ring (bicyclic) bond motifs is 2. The second kappa shape index (κ2) is 15.8. The summed E-state index contributed by atoms with van der Waals surface area (Å²) in [5.74, 6) is 2.34. The highest BCUT2D eigenvalue weighted by molar-refractivity contribution is 5.96. The van der Waals surface area contributed by atoms with E-state index in [0.29, 0.717) is 52.7 Å². The number of hydrogen-bond acceptors (Lipinski definition) is 8. The Morgan fingerprint density at radius 3 is 2.36 bits per heavy atom. The predicted molar refractivity (Wildman–Crippen MR) is 196 cm³/mol. The first-order chi connectivity index (χ1) is 23.7. The van der Waals surface area contributed by atoms with E-state index in [0.717, 1.165) is 36.1 Å². The number of hydrogen-bond donors (Lipinski definition) is 3. The van der Waals surface area contributed by atoms with Crippen molar-refractivity contribution in [1.29, 1.82) is 0 Å². The highest BCUT2D eigenvalue weighted by Crippen LogP contribution is 2.61. The number of para-hydroxylation sites is 1. The molecule has 50 heavy (non-hydrogen) atoms. The smallest absolute Gasteiger partial charge is 0.240 e. The maximum absolute atomic E-state index is 14.1. The molecule has 3 N–H and O–H groups in total. The van der Waals surface area contributed by atoms with Crippen LogP contribution in [0.15, 0.2) is 42.5 Å². The van der Waals surface area contributed by atoms with Crippen molar-refractivity contribution in [3.05, 3.63) is 53.6 Å². The molecule has 4 fully saturated rings. The van der Waals surface area contributed by atoms with Gasteiger partial charge in [-0.3, -0.25) is 14.4 Å². The standard InChI is InChI=1S/C41H61N3O6/c1-24(2)17-27(21-43(7)8)18-35(47)29-15-13-28(14-16-29)32-12-10-11-30(39(32)49-9)22-44-38(37(26(4)46)36(23-45)50-44)40(48)42-34-20-31-19-33(25(34)3)41(31,5)6/h10-16,24-27,31,33-34,36-38,45-46H,17-23H2,1-9H3,(H,42,48)/t25-,26-,27+,31+,33+,34-,36-,37-,38-/m0/s1. The Morgan fingerprint density at radius 2 is 1.80 bits per heavy atom. The van der Waals surface area contributed by atoms with E-state index in [2.05, 4.69) is 58.9 Å². The van der Waals surface area contributed by atoms with E-state index in [1.165, 1.54) is 6.42 Å². The molecule has 1 heterocycles. The van der Waals surface area contributed by atoms with E-state index < -0.39 is 24.2 Å². The summed E-state index contributed by atoms with van der Waals surface area (Å²) in [5, 5.41) is 26.1. The SMILES string of the molecule is COc1c(CN2O[C@@H](CO)[C@H]([C@H](C)O)[C@H]2C(=O)N[C@H]2C[C@H]3C[C@H]([C@@H]2C)C3(C)C)cccc1-c1ccc(C(=O)C[C@@H](CC(C)C)CN(C)C)cc1. The molecule has 2 aromatic carbocycles. The molecule has 1 aliphatic heterocycles. The Labute approximate surface area is 299 Å². The summed E-state index contributed by atoms with van der Waals surface area (Å²) in [4.78, 5) is 35.8. The summed E-state index contributed by atoms with van der Waals surface area (Å²) < 4.78 is 5.99. The molecule has 276 valence electrons. The second-order valence-corrected chi connectivity index (χ2v) is 16.7. The van der Waals surface area contributed by atoms with E-state index in [1.807, 2.05) is 42.5 Å². The van der Waals surface area contributed by atoms with Crippen LogP contribution in [0.4, 0.5) is 0 Å². The van der Waals surface area contributed by atoms with Crippen LogP contribution >= 0.6 is 0 Å². The first-order valence-corrected chi connectivity index (χ1v) is 18.6. The Hall–Kier alpha value is -2.82. The summed E-state index contributed by atoms with van der Waals surface area (Å²) in [6.45, 7) is 13.8. The number of ether oxygens (including phenoxy) is 1. The molecule has 2 bridgehead atoms. The highest BCUT2D eigenvalue weighted by Gasteiger charge is 2.57. The van der Waals surface area contributed by atoms with E-state index in [-0.39, 0.29) is 30.9 Å². The molecule has 9 atom stereocenters. The van der Waals surface area contributed by atoms with Gasteiger partial charge in [-0.05, 0) is 80.8 Å². The van der Waals surface area contributed by atoms with Gasteiger partial charge in [-0.15, -0.1) is 0 Å². The average Bonchev–Trinajstić information content (AvgIpc) is 3.43. The summed E-state index contributed by atoms with van der Waals surface area (Å²) in [7, 11) is 5.73. The van der Waals surface area contributed by atoms with Crippen molar-refractivity contribution < 1.29 is 29.4 Å². The molecule has 1 saturated heterocycles. The van der Waals surface area contributed by atoms with Gasteiger partial charge >= 0.3 is 0 Å². The molecule has 0 spiro atoms. The van der Waals surface area contributed by atoms with Crippen LogP contribution in [0.25, 0.3) is 11.1 Å². The number of nitrogens with zero attached hydrogens (tertiary/aromatic N) is 2. The zero-order chi connectivity index (χ0) is 36.5. The third-order valence-electron chi connectivity index (χ3n) is 12.1. The van der Waals surface area contributed by atoms with Crippen molar-refractivity contribution >= 4 is 11.7 Å². The molecule has 0 unspecified atom stereocenters. The van der Waals surface area contributed by atoms with E-state index in [1.54, 1.807) is 19.1 Å². The minimum Gasteiger partial charge on any atom is -0.496 e. The minimum absolute atomic E-state index is 0.0609. The number of carbonyl (C=O) groups excluding carboxylic acids is 2. The maximum Gasteiger partial charge on any atom is 0.240 e. The van der Waals surface area contributed by atoms with Crippen LogP contribution in [0.3, 0.4) is 0 Å². The third kappa shape index (κ3) is 7.97. The molecule has 1 amide bonds. The lowest BCUT2D eigenvalue weighted by molar-refractivity contribution is -0.183. The number of benzene rings is 2. The second-order valence-electron chi connectivity index (χ2n) is 16.7. The molecule has 6 rings (SSSR count).